The third-order valence-electron chi connectivity index (χ3n) is 4.74. The summed E-state index contributed by atoms with van der Waals surface area (Å²) in [6, 6.07) is 16.2. The molecular formula is C22H28N2O3S. The zero-order chi connectivity index (χ0) is 19.8. The van der Waals surface area contributed by atoms with E-state index in [1.807, 2.05) is 30.5 Å². The van der Waals surface area contributed by atoms with Crippen LogP contribution in [0.25, 0.3) is 0 Å². The highest BCUT2D eigenvalue weighted by Gasteiger charge is 2.14. The molecule has 1 fully saturated rings. The maximum absolute atomic E-state index is 12.3. The molecule has 150 valence electrons. The van der Waals surface area contributed by atoms with Crippen molar-refractivity contribution in [3.05, 3.63) is 59.7 Å². The largest absolute Gasteiger partial charge is 0.481 e. The number of carbonyl (C=O) groups excluding carboxylic acids is 1. The highest BCUT2D eigenvalue weighted by molar-refractivity contribution is 7.98. The van der Waals surface area contributed by atoms with Crippen molar-refractivity contribution in [3.8, 4) is 5.75 Å². The molecule has 6 heteroatoms. The van der Waals surface area contributed by atoms with E-state index in [4.69, 9.17) is 9.47 Å². The first-order valence-electron chi connectivity index (χ1n) is 9.60. The van der Waals surface area contributed by atoms with Gasteiger partial charge in [-0.1, -0.05) is 24.3 Å². The minimum atomic E-state index is -0.541. The predicted molar refractivity (Wildman–Crippen MR) is 113 cm³/mol. The smallest absolute Gasteiger partial charge is 0.261 e. The van der Waals surface area contributed by atoms with Gasteiger partial charge in [0.05, 0.1) is 13.2 Å². The van der Waals surface area contributed by atoms with Gasteiger partial charge in [-0.2, -0.15) is 0 Å². The van der Waals surface area contributed by atoms with Gasteiger partial charge >= 0.3 is 0 Å². The van der Waals surface area contributed by atoms with E-state index >= 15 is 0 Å². The zero-order valence-electron chi connectivity index (χ0n) is 16.5. The third-order valence-corrected chi connectivity index (χ3v) is 5.48. The number of carbonyl (C=O) groups is 1. The minimum absolute atomic E-state index is 0.119. The predicted octanol–water partition coefficient (Wildman–Crippen LogP) is 3.32. The first-order valence-corrected chi connectivity index (χ1v) is 10.8. The number of hydrogen-bond acceptors (Lipinski definition) is 5. The van der Waals surface area contributed by atoms with Crippen molar-refractivity contribution < 1.29 is 14.3 Å². The van der Waals surface area contributed by atoms with Gasteiger partial charge in [-0.05, 0) is 48.6 Å². The van der Waals surface area contributed by atoms with Gasteiger partial charge in [-0.15, -0.1) is 11.8 Å². The summed E-state index contributed by atoms with van der Waals surface area (Å²) >= 11 is 1.68. The number of nitrogens with zero attached hydrogens (tertiary/aromatic N) is 1. The quantitative estimate of drug-likeness (QED) is 0.689. The number of ether oxygens (including phenoxy) is 2. The average Bonchev–Trinajstić information content (AvgIpc) is 2.74. The normalized spacial score (nSPS) is 15.8. The van der Waals surface area contributed by atoms with E-state index < -0.39 is 6.10 Å². The van der Waals surface area contributed by atoms with Gasteiger partial charge in [0, 0.05) is 31.1 Å². The van der Waals surface area contributed by atoms with Crippen LogP contribution >= 0.6 is 11.8 Å². The fourth-order valence-corrected chi connectivity index (χ4v) is 3.43. The van der Waals surface area contributed by atoms with Crippen LogP contribution < -0.4 is 10.1 Å². The van der Waals surface area contributed by atoms with Crippen LogP contribution in [0.1, 0.15) is 18.1 Å². The maximum atomic E-state index is 12.3. The van der Waals surface area contributed by atoms with Gasteiger partial charge in [-0.25, -0.2) is 0 Å². The molecule has 0 spiro atoms. The fraction of sp³-hybridized carbons (Fsp3) is 0.409. The summed E-state index contributed by atoms with van der Waals surface area (Å²) in [6.07, 6.45) is 1.49. The van der Waals surface area contributed by atoms with E-state index in [-0.39, 0.29) is 5.91 Å². The van der Waals surface area contributed by atoms with Crippen LogP contribution in [-0.4, -0.2) is 49.5 Å². The van der Waals surface area contributed by atoms with Gasteiger partial charge in [0.15, 0.2) is 6.10 Å². The Bertz CT molecular complexity index is 743. The summed E-state index contributed by atoms with van der Waals surface area (Å²) in [5.74, 6) is 0.583. The van der Waals surface area contributed by atoms with Crippen LogP contribution in [0.3, 0.4) is 0 Å². The molecule has 1 atom stereocenters. The van der Waals surface area contributed by atoms with Crippen molar-refractivity contribution in [2.75, 3.05) is 32.6 Å². The highest BCUT2D eigenvalue weighted by atomic mass is 32.2. The van der Waals surface area contributed by atoms with E-state index in [1.165, 1.54) is 10.5 Å². The van der Waals surface area contributed by atoms with Crippen molar-refractivity contribution in [2.45, 2.75) is 31.0 Å². The molecule has 5 nitrogen and oxygen atoms in total. The Labute approximate surface area is 171 Å². The van der Waals surface area contributed by atoms with E-state index in [9.17, 15) is 4.79 Å². The Morgan fingerprint density at radius 2 is 1.75 bits per heavy atom. The number of rotatable bonds is 8. The summed E-state index contributed by atoms with van der Waals surface area (Å²) < 4.78 is 11.1. The molecule has 1 unspecified atom stereocenters. The minimum Gasteiger partial charge on any atom is -0.481 e. The molecule has 1 heterocycles. The zero-order valence-corrected chi connectivity index (χ0v) is 17.3. The molecule has 1 aliphatic heterocycles. The lowest BCUT2D eigenvalue weighted by Crippen LogP contribution is -2.36. The summed E-state index contributed by atoms with van der Waals surface area (Å²) in [4.78, 5) is 15.9. The molecule has 2 aromatic rings. The lowest BCUT2D eigenvalue weighted by atomic mass is 10.1. The van der Waals surface area contributed by atoms with Crippen LogP contribution in [0.5, 0.6) is 5.75 Å². The van der Waals surface area contributed by atoms with Gasteiger partial charge in [-0.3, -0.25) is 9.69 Å². The second-order valence-corrected chi connectivity index (χ2v) is 7.74. The first kappa shape index (κ1) is 20.7. The molecule has 1 N–H and O–H groups in total. The van der Waals surface area contributed by atoms with Crippen LogP contribution in [0.2, 0.25) is 0 Å². The molecule has 3 rings (SSSR count). The first-order chi connectivity index (χ1) is 13.6. The van der Waals surface area contributed by atoms with E-state index in [0.29, 0.717) is 12.3 Å². The summed E-state index contributed by atoms with van der Waals surface area (Å²) in [6.45, 7) is 6.79. The number of morpholine rings is 1. The van der Waals surface area contributed by atoms with Crippen molar-refractivity contribution >= 4 is 17.7 Å². The molecule has 0 radical (unpaired) electrons. The topological polar surface area (TPSA) is 50.8 Å². The Balaban J connectivity index is 1.43. The monoisotopic (exact) mass is 400 g/mol. The number of amides is 1. The molecule has 1 amide bonds. The lowest BCUT2D eigenvalue weighted by molar-refractivity contribution is -0.127. The third kappa shape index (κ3) is 6.26. The lowest BCUT2D eigenvalue weighted by Gasteiger charge is -2.26. The second kappa shape index (κ2) is 10.5. The molecule has 2 aromatic carbocycles. The van der Waals surface area contributed by atoms with Crippen LogP contribution in [-0.2, 0) is 22.6 Å². The van der Waals surface area contributed by atoms with Gasteiger partial charge < -0.3 is 14.8 Å². The van der Waals surface area contributed by atoms with Crippen LogP contribution in [0, 0.1) is 0 Å². The average molecular weight is 401 g/mol. The van der Waals surface area contributed by atoms with Crippen molar-refractivity contribution in [2.24, 2.45) is 0 Å². The van der Waals surface area contributed by atoms with Crippen LogP contribution in [0.4, 0.5) is 0 Å². The number of nitrogens with one attached hydrogen (secondary N) is 1. The molecule has 0 saturated carbocycles. The Kier molecular flexibility index (Phi) is 7.77. The molecule has 0 aromatic heterocycles. The van der Waals surface area contributed by atoms with Gasteiger partial charge in [0.1, 0.15) is 5.75 Å². The summed E-state index contributed by atoms with van der Waals surface area (Å²) in [5.41, 5.74) is 2.36. The summed E-state index contributed by atoms with van der Waals surface area (Å²) in [7, 11) is 0. The standard InChI is InChI=1S/C22H28N2O3S/c1-17(27-20-7-9-21(28-2)10-8-20)22(25)23-15-18-3-5-19(6-4-18)16-24-11-13-26-14-12-24/h3-10,17H,11-16H2,1-2H3,(H,23,25). The number of thioether (sulfide) groups is 1. The molecule has 28 heavy (non-hydrogen) atoms. The van der Waals surface area contributed by atoms with Crippen molar-refractivity contribution in [1.29, 1.82) is 0 Å². The Morgan fingerprint density at radius 1 is 1.11 bits per heavy atom. The van der Waals surface area contributed by atoms with E-state index in [2.05, 4.69) is 34.5 Å². The van der Waals surface area contributed by atoms with E-state index in [0.717, 1.165) is 38.4 Å². The molecule has 0 bridgehead atoms. The summed E-state index contributed by atoms with van der Waals surface area (Å²) in [5, 5.41) is 2.95. The maximum Gasteiger partial charge on any atom is 0.261 e. The van der Waals surface area contributed by atoms with Crippen molar-refractivity contribution in [1.82, 2.24) is 10.2 Å². The molecule has 1 aliphatic rings. The molecule has 0 aliphatic carbocycles. The number of benzene rings is 2. The van der Waals surface area contributed by atoms with Crippen LogP contribution in [0.15, 0.2) is 53.4 Å². The molecular weight excluding hydrogens is 372 g/mol. The van der Waals surface area contributed by atoms with Crippen molar-refractivity contribution in [3.63, 3.8) is 0 Å². The van der Waals surface area contributed by atoms with E-state index in [1.54, 1.807) is 18.7 Å². The fourth-order valence-electron chi connectivity index (χ4n) is 3.02. The number of hydrogen-bond donors (Lipinski definition) is 1. The SMILES string of the molecule is CSc1ccc(OC(C)C(=O)NCc2ccc(CN3CCOCC3)cc2)cc1. The Hall–Kier alpha value is -2.02. The molecule has 1 saturated heterocycles. The second-order valence-electron chi connectivity index (χ2n) is 6.86. The van der Waals surface area contributed by atoms with Gasteiger partial charge in [0.2, 0.25) is 0 Å². The highest BCUT2D eigenvalue weighted by Crippen LogP contribution is 2.19. The van der Waals surface area contributed by atoms with Gasteiger partial charge in [0.25, 0.3) is 5.91 Å². The Morgan fingerprint density at radius 3 is 2.39 bits per heavy atom.